The third-order valence-electron chi connectivity index (χ3n) is 4.40. The molecule has 1 aliphatic carbocycles. The van der Waals surface area contributed by atoms with Crippen LogP contribution >= 0.6 is 0 Å². The van der Waals surface area contributed by atoms with Crippen LogP contribution in [0.4, 0.5) is 26.3 Å². The molecule has 2 aliphatic rings. The van der Waals surface area contributed by atoms with Crippen molar-refractivity contribution in [2.75, 3.05) is 20.1 Å². The maximum absolute atomic E-state index is 12.8. The van der Waals surface area contributed by atoms with Gasteiger partial charge < -0.3 is 14.8 Å². The minimum Gasteiger partial charge on any atom is -0.433 e. The fourth-order valence-corrected chi connectivity index (χ4v) is 2.67. The molecule has 14 heteroatoms. The van der Waals surface area contributed by atoms with Gasteiger partial charge in [-0.05, 0) is 26.3 Å². The normalized spacial score (nSPS) is 26.9. The zero-order chi connectivity index (χ0) is 21.3. The van der Waals surface area contributed by atoms with E-state index in [-0.39, 0.29) is 13.1 Å². The summed E-state index contributed by atoms with van der Waals surface area (Å²) in [6.45, 7) is -0.350. The highest BCUT2D eigenvalue weighted by molar-refractivity contribution is 5.90. The number of halogens is 6. The molecule has 2 fully saturated rings. The van der Waals surface area contributed by atoms with Crippen molar-refractivity contribution in [1.29, 1.82) is 0 Å². The Labute approximate surface area is 154 Å². The van der Waals surface area contributed by atoms with Crippen LogP contribution in [0.25, 0.3) is 0 Å². The summed E-state index contributed by atoms with van der Waals surface area (Å²) >= 11 is 0. The second kappa shape index (κ2) is 7.73. The number of likely N-dealkylation sites (N-methyl/N-ethyl adjacent to an activating group) is 1. The molecule has 0 bridgehead atoms. The van der Waals surface area contributed by atoms with Crippen molar-refractivity contribution in [3.8, 4) is 0 Å². The van der Waals surface area contributed by atoms with Gasteiger partial charge in [-0.15, -0.1) is 0 Å². The molecule has 28 heavy (non-hydrogen) atoms. The molecule has 8 nitrogen and oxygen atoms in total. The summed E-state index contributed by atoms with van der Waals surface area (Å²) in [6, 6.07) is -0.455. The van der Waals surface area contributed by atoms with Crippen molar-refractivity contribution >= 4 is 17.8 Å². The van der Waals surface area contributed by atoms with Crippen LogP contribution < -0.4 is 10.6 Å². The van der Waals surface area contributed by atoms with Crippen LogP contribution in [0.3, 0.4) is 0 Å². The smallest absolute Gasteiger partial charge is 0.433 e. The van der Waals surface area contributed by atoms with E-state index in [0.717, 1.165) is 18.4 Å². The monoisotopic (exact) mass is 421 g/mol. The number of alkyl halides is 6. The Kier molecular flexibility index (Phi) is 6.13. The SMILES string of the molecule is CN1CCNC(OC(=O)C(F)(F)F)[C@@]1(OC(=O)C(F)(F)F)C(=O)NC1CCC1. The van der Waals surface area contributed by atoms with Crippen molar-refractivity contribution in [3.05, 3.63) is 0 Å². The summed E-state index contributed by atoms with van der Waals surface area (Å²) in [5.41, 5.74) is -2.98. The number of ether oxygens (including phenoxy) is 2. The second-order valence-corrected chi connectivity index (χ2v) is 6.34. The number of carbonyl (C=O) groups excluding carboxylic acids is 3. The van der Waals surface area contributed by atoms with Crippen molar-refractivity contribution in [1.82, 2.24) is 15.5 Å². The van der Waals surface area contributed by atoms with Gasteiger partial charge >= 0.3 is 24.3 Å². The van der Waals surface area contributed by atoms with Crippen LogP contribution in [0, 0.1) is 0 Å². The van der Waals surface area contributed by atoms with Gasteiger partial charge in [0.05, 0.1) is 0 Å². The third kappa shape index (κ3) is 4.48. The molecule has 0 aromatic carbocycles. The fraction of sp³-hybridized carbons (Fsp3) is 0.786. The van der Waals surface area contributed by atoms with Gasteiger partial charge in [-0.2, -0.15) is 26.3 Å². The third-order valence-corrected chi connectivity index (χ3v) is 4.40. The van der Waals surface area contributed by atoms with Gasteiger partial charge in [0, 0.05) is 19.1 Å². The maximum atomic E-state index is 12.8. The average molecular weight is 421 g/mol. The molecular formula is C14H17F6N3O5. The van der Waals surface area contributed by atoms with Gasteiger partial charge in [0.15, 0.2) is 0 Å². The number of amides is 1. The topological polar surface area (TPSA) is 97.0 Å². The summed E-state index contributed by atoms with van der Waals surface area (Å²) in [5.74, 6) is -6.91. The van der Waals surface area contributed by atoms with Gasteiger partial charge in [-0.1, -0.05) is 0 Å². The highest BCUT2D eigenvalue weighted by Crippen LogP contribution is 2.32. The van der Waals surface area contributed by atoms with E-state index in [2.05, 4.69) is 20.1 Å². The Balaban J connectivity index is 2.41. The van der Waals surface area contributed by atoms with E-state index in [1.807, 2.05) is 0 Å². The molecule has 0 radical (unpaired) electrons. The average Bonchev–Trinajstić information content (AvgIpc) is 2.51. The number of piperazine rings is 1. The second-order valence-electron chi connectivity index (χ2n) is 6.34. The van der Waals surface area contributed by atoms with E-state index >= 15 is 0 Å². The molecule has 0 aromatic heterocycles. The molecule has 0 aromatic rings. The van der Waals surface area contributed by atoms with E-state index in [4.69, 9.17) is 0 Å². The van der Waals surface area contributed by atoms with Gasteiger partial charge in [-0.25, -0.2) is 9.59 Å². The van der Waals surface area contributed by atoms with Gasteiger partial charge in [0.25, 0.3) is 11.6 Å². The van der Waals surface area contributed by atoms with Crippen molar-refractivity contribution in [2.45, 2.75) is 49.6 Å². The maximum Gasteiger partial charge on any atom is 0.491 e. The molecule has 1 unspecified atom stereocenters. The minimum absolute atomic E-state index is 0.158. The summed E-state index contributed by atoms with van der Waals surface area (Å²) in [6.07, 6.45) is -11.7. The number of rotatable bonds is 4. The van der Waals surface area contributed by atoms with E-state index in [9.17, 15) is 40.7 Å². The standard InChI is InChI=1S/C14H17F6N3O5/c1-23-6-5-21-9(27-10(25)13(15,16)17)12(23,28-11(26)14(18,19)20)8(24)22-7-3-2-4-7/h7,9,21H,2-6H2,1H3,(H,22,24)/t9?,12-/m0/s1. The lowest BCUT2D eigenvalue weighted by molar-refractivity contribution is -0.263. The summed E-state index contributed by atoms with van der Waals surface area (Å²) in [5, 5.41) is 4.52. The Morgan fingerprint density at radius 2 is 1.64 bits per heavy atom. The summed E-state index contributed by atoms with van der Waals surface area (Å²) in [7, 11) is 1.05. The van der Waals surface area contributed by atoms with Crippen LogP contribution in [0.2, 0.25) is 0 Å². The molecule has 2 atom stereocenters. The van der Waals surface area contributed by atoms with Gasteiger partial charge in [0.2, 0.25) is 6.23 Å². The number of esters is 2. The lowest BCUT2D eigenvalue weighted by Gasteiger charge is -2.47. The first-order chi connectivity index (χ1) is 12.8. The van der Waals surface area contributed by atoms with E-state index < -0.39 is 48.2 Å². The summed E-state index contributed by atoms with van der Waals surface area (Å²) in [4.78, 5) is 36.2. The van der Waals surface area contributed by atoms with E-state index in [0.29, 0.717) is 12.8 Å². The van der Waals surface area contributed by atoms with Crippen LogP contribution in [-0.2, 0) is 23.9 Å². The number of nitrogens with zero attached hydrogens (tertiary/aromatic N) is 1. The van der Waals surface area contributed by atoms with E-state index in [1.54, 1.807) is 0 Å². The molecule has 1 saturated carbocycles. The predicted octanol–water partition coefficient (Wildman–Crippen LogP) is 0.423. The number of hydrogen-bond acceptors (Lipinski definition) is 7. The van der Waals surface area contributed by atoms with Crippen molar-refractivity contribution in [2.24, 2.45) is 0 Å². The number of hydrogen-bond donors (Lipinski definition) is 2. The minimum atomic E-state index is -5.54. The highest BCUT2D eigenvalue weighted by atomic mass is 19.4. The first-order valence-corrected chi connectivity index (χ1v) is 8.12. The van der Waals surface area contributed by atoms with E-state index in [1.165, 1.54) is 0 Å². The fourth-order valence-electron chi connectivity index (χ4n) is 2.67. The first kappa shape index (κ1) is 22.2. The molecule has 0 spiro atoms. The zero-order valence-electron chi connectivity index (χ0n) is 14.4. The number of carbonyl (C=O) groups is 3. The van der Waals surface area contributed by atoms with Crippen LogP contribution in [0.15, 0.2) is 0 Å². The largest absolute Gasteiger partial charge is 0.491 e. The predicted molar refractivity (Wildman–Crippen MR) is 77.2 cm³/mol. The van der Waals surface area contributed by atoms with Crippen molar-refractivity contribution in [3.63, 3.8) is 0 Å². The lowest BCUT2D eigenvalue weighted by Crippen LogP contribution is -2.75. The summed E-state index contributed by atoms with van der Waals surface area (Å²) < 4.78 is 84.5. The van der Waals surface area contributed by atoms with Crippen LogP contribution in [-0.4, -0.2) is 73.2 Å². The lowest BCUT2D eigenvalue weighted by atomic mass is 9.92. The Hall–Kier alpha value is -2.09. The van der Waals surface area contributed by atoms with Crippen LogP contribution in [0.1, 0.15) is 19.3 Å². The van der Waals surface area contributed by atoms with Gasteiger partial charge in [-0.3, -0.25) is 15.0 Å². The van der Waals surface area contributed by atoms with Gasteiger partial charge in [0.1, 0.15) is 0 Å². The van der Waals surface area contributed by atoms with Crippen LogP contribution in [0.5, 0.6) is 0 Å². The molecule has 2 N–H and O–H groups in total. The number of nitrogens with one attached hydrogen (secondary N) is 2. The zero-order valence-corrected chi connectivity index (χ0v) is 14.4. The Morgan fingerprint density at radius 1 is 1.07 bits per heavy atom. The Bertz CT molecular complexity index is 636. The Morgan fingerprint density at radius 3 is 2.11 bits per heavy atom. The first-order valence-electron chi connectivity index (χ1n) is 8.12. The molecule has 1 amide bonds. The van der Waals surface area contributed by atoms with Crippen molar-refractivity contribution < 1.29 is 50.2 Å². The molecule has 1 heterocycles. The molecule has 1 aliphatic heterocycles. The molecule has 160 valence electrons. The molecule has 2 rings (SSSR count). The highest BCUT2D eigenvalue weighted by Gasteiger charge is 2.61. The quantitative estimate of drug-likeness (QED) is 0.502. The molecule has 1 saturated heterocycles. The molecular weight excluding hydrogens is 404 g/mol.